The third-order valence-corrected chi connectivity index (χ3v) is 5.99. The molecule has 6 nitrogen and oxygen atoms in total. The average Bonchev–Trinajstić information content (AvgIpc) is 3.14. The lowest BCUT2D eigenvalue weighted by Gasteiger charge is -2.23. The van der Waals surface area contributed by atoms with Crippen LogP contribution in [0.25, 0.3) is 0 Å². The van der Waals surface area contributed by atoms with Crippen LogP contribution in [0.15, 0.2) is 40.9 Å². The fourth-order valence-electron chi connectivity index (χ4n) is 3.85. The maximum atomic E-state index is 12.7. The third-order valence-electron chi connectivity index (χ3n) is 5.50. The number of benzene rings is 2. The van der Waals surface area contributed by atoms with Crippen molar-refractivity contribution < 1.29 is 19.1 Å². The van der Waals surface area contributed by atoms with Crippen LogP contribution in [0, 0.1) is 12.8 Å². The number of esters is 1. The van der Waals surface area contributed by atoms with Gasteiger partial charge in [0.05, 0.1) is 5.92 Å². The molecule has 1 heterocycles. The summed E-state index contributed by atoms with van der Waals surface area (Å²) in [6.45, 7) is 5.87. The van der Waals surface area contributed by atoms with Gasteiger partial charge in [-0.1, -0.05) is 48.0 Å². The first-order valence-electron chi connectivity index (χ1n) is 10.5. The lowest BCUT2D eigenvalue weighted by molar-refractivity contribution is -0.151. The van der Waals surface area contributed by atoms with Gasteiger partial charge in [0.25, 0.3) is 5.91 Å². The van der Waals surface area contributed by atoms with Crippen LogP contribution >= 0.6 is 15.9 Å². The minimum atomic E-state index is -0.579. The number of nitrogens with one attached hydrogen (secondary N) is 1. The number of aryl methyl sites for hydroxylation is 3. The van der Waals surface area contributed by atoms with Gasteiger partial charge >= 0.3 is 5.97 Å². The van der Waals surface area contributed by atoms with E-state index in [1.807, 2.05) is 37.3 Å². The third kappa shape index (κ3) is 5.34. The summed E-state index contributed by atoms with van der Waals surface area (Å²) < 4.78 is 6.15. The summed E-state index contributed by atoms with van der Waals surface area (Å²) in [6.07, 6.45) is 1.70. The van der Waals surface area contributed by atoms with Crippen molar-refractivity contribution in [2.75, 3.05) is 23.4 Å². The van der Waals surface area contributed by atoms with Gasteiger partial charge in [-0.25, -0.2) is 0 Å². The zero-order chi connectivity index (χ0) is 22.5. The second kappa shape index (κ2) is 10.1. The van der Waals surface area contributed by atoms with E-state index in [0.717, 1.165) is 39.7 Å². The van der Waals surface area contributed by atoms with Crippen LogP contribution in [0.3, 0.4) is 0 Å². The van der Waals surface area contributed by atoms with Crippen LogP contribution < -0.4 is 10.2 Å². The molecule has 3 rings (SSSR count). The molecule has 0 aromatic heterocycles. The molecule has 7 heteroatoms. The van der Waals surface area contributed by atoms with E-state index in [1.54, 1.807) is 11.0 Å². The predicted molar refractivity (Wildman–Crippen MR) is 124 cm³/mol. The molecule has 164 valence electrons. The second-order valence-corrected chi connectivity index (χ2v) is 8.57. The van der Waals surface area contributed by atoms with Crippen molar-refractivity contribution in [3.8, 4) is 0 Å². The fraction of sp³-hybridized carbons (Fsp3) is 0.375. The Morgan fingerprint density at radius 2 is 1.84 bits per heavy atom. The number of anilines is 2. The Labute approximate surface area is 191 Å². The number of halogens is 1. The summed E-state index contributed by atoms with van der Waals surface area (Å²) in [5.41, 5.74) is 4.65. The van der Waals surface area contributed by atoms with Crippen molar-refractivity contribution in [3.63, 3.8) is 0 Å². The molecule has 1 N–H and O–H groups in total. The zero-order valence-electron chi connectivity index (χ0n) is 18.0. The van der Waals surface area contributed by atoms with Crippen LogP contribution in [0.2, 0.25) is 0 Å². The highest BCUT2D eigenvalue weighted by molar-refractivity contribution is 9.10. The predicted octanol–water partition coefficient (Wildman–Crippen LogP) is 4.42. The summed E-state index contributed by atoms with van der Waals surface area (Å²) in [5.74, 6) is -1.60. The summed E-state index contributed by atoms with van der Waals surface area (Å²) in [4.78, 5) is 39.2. The van der Waals surface area contributed by atoms with Crippen molar-refractivity contribution in [1.82, 2.24) is 0 Å². The normalized spacial score (nSPS) is 15.8. The van der Waals surface area contributed by atoms with Gasteiger partial charge in [0.15, 0.2) is 6.61 Å². The molecule has 1 aliphatic rings. The number of ether oxygens (including phenoxy) is 1. The first kappa shape index (κ1) is 23.0. The molecule has 0 aliphatic carbocycles. The number of rotatable bonds is 7. The number of carbonyl (C=O) groups excluding carboxylic acids is 3. The molecule has 0 bridgehead atoms. The molecule has 2 aromatic carbocycles. The largest absolute Gasteiger partial charge is 0.455 e. The topological polar surface area (TPSA) is 75.7 Å². The van der Waals surface area contributed by atoms with Gasteiger partial charge in [0.2, 0.25) is 5.91 Å². The Hall–Kier alpha value is -2.67. The maximum Gasteiger partial charge on any atom is 0.311 e. The number of nitrogens with zero attached hydrogens (tertiary/aromatic N) is 1. The SMILES string of the molecule is CCc1cccc(CC)c1N1C[C@H](C(=O)OCC(=O)Nc2ccc(Br)cc2C)CC1=O. The molecule has 1 saturated heterocycles. The van der Waals surface area contributed by atoms with Crippen LogP contribution in [-0.4, -0.2) is 30.9 Å². The van der Waals surface area contributed by atoms with Gasteiger partial charge < -0.3 is 15.0 Å². The number of para-hydroxylation sites is 1. The van der Waals surface area contributed by atoms with E-state index in [9.17, 15) is 14.4 Å². The summed E-state index contributed by atoms with van der Waals surface area (Å²) in [6, 6.07) is 11.5. The van der Waals surface area contributed by atoms with E-state index in [-0.39, 0.29) is 25.5 Å². The van der Waals surface area contributed by atoms with E-state index in [2.05, 4.69) is 35.1 Å². The lowest BCUT2D eigenvalue weighted by Crippen LogP contribution is -2.29. The van der Waals surface area contributed by atoms with E-state index in [1.165, 1.54) is 0 Å². The summed E-state index contributed by atoms with van der Waals surface area (Å²) in [7, 11) is 0. The molecular formula is C24H27BrN2O4. The number of hydrogen-bond acceptors (Lipinski definition) is 4. The zero-order valence-corrected chi connectivity index (χ0v) is 19.6. The quantitative estimate of drug-likeness (QED) is 0.587. The van der Waals surface area contributed by atoms with Gasteiger partial charge in [0, 0.05) is 28.8 Å². The van der Waals surface area contributed by atoms with Crippen LogP contribution in [0.5, 0.6) is 0 Å². The van der Waals surface area contributed by atoms with Crippen molar-refractivity contribution in [2.24, 2.45) is 5.92 Å². The Morgan fingerprint density at radius 3 is 2.45 bits per heavy atom. The van der Waals surface area contributed by atoms with Crippen molar-refractivity contribution in [2.45, 2.75) is 40.0 Å². The van der Waals surface area contributed by atoms with Crippen molar-refractivity contribution in [3.05, 3.63) is 57.6 Å². The average molecular weight is 487 g/mol. The first-order valence-corrected chi connectivity index (χ1v) is 11.3. The van der Waals surface area contributed by atoms with Crippen LogP contribution in [0.1, 0.15) is 37.0 Å². The highest BCUT2D eigenvalue weighted by atomic mass is 79.9. The molecule has 0 unspecified atom stereocenters. The van der Waals surface area contributed by atoms with Crippen LogP contribution in [-0.2, 0) is 32.0 Å². The minimum Gasteiger partial charge on any atom is -0.455 e. The van der Waals surface area contributed by atoms with Gasteiger partial charge in [-0.2, -0.15) is 0 Å². The van der Waals surface area contributed by atoms with E-state index < -0.39 is 17.8 Å². The minimum absolute atomic E-state index is 0.0903. The molecule has 2 aromatic rings. The monoisotopic (exact) mass is 486 g/mol. The maximum absolute atomic E-state index is 12.7. The van der Waals surface area contributed by atoms with Gasteiger partial charge in [-0.15, -0.1) is 0 Å². The van der Waals surface area contributed by atoms with Gasteiger partial charge in [0.1, 0.15) is 0 Å². The van der Waals surface area contributed by atoms with Gasteiger partial charge in [-0.05, 0) is 54.7 Å². The Kier molecular flexibility index (Phi) is 7.49. The molecule has 0 saturated carbocycles. The molecule has 0 radical (unpaired) electrons. The molecular weight excluding hydrogens is 460 g/mol. The van der Waals surface area contributed by atoms with Gasteiger partial charge in [-0.3, -0.25) is 14.4 Å². The molecule has 1 aliphatic heterocycles. The Bertz CT molecular complexity index is 983. The second-order valence-electron chi connectivity index (χ2n) is 7.65. The molecule has 31 heavy (non-hydrogen) atoms. The number of carbonyl (C=O) groups is 3. The smallest absolute Gasteiger partial charge is 0.311 e. The summed E-state index contributed by atoms with van der Waals surface area (Å²) >= 11 is 3.38. The Morgan fingerprint density at radius 1 is 1.16 bits per heavy atom. The van der Waals surface area contributed by atoms with Crippen molar-refractivity contribution >= 4 is 45.1 Å². The molecule has 2 amide bonds. The van der Waals surface area contributed by atoms with E-state index in [4.69, 9.17) is 4.74 Å². The highest BCUT2D eigenvalue weighted by Gasteiger charge is 2.37. The van der Waals surface area contributed by atoms with E-state index in [0.29, 0.717) is 5.69 Å². The van der Waals surface area contributed by atoms with Crippen molar-refractivity contribution in [1.29, 1.82) is 0 Å². The van der Waals surface area contributed by atoms with Crippen LogP contribution in [0.4, 0.5) is 11.4 Å². The standard InChI is InChI=1S/C24H27BrN2O4/c1-4-16-7-6-8-17(5-2)23(16)27-13-18(12-22(27)29)24(30)31-14-21(28)26-20-10-9-19(25)11-15(20)3/h6-11,18H,4-5,12-14H2,1-3H3,(H,26,28)/t18-/m1/s1. The summed E-state index contributed by atoms with van der Waals surface area (Å²) in [5, 5.41) is 2.74. The number of hydrogen-bond donors (Lipinski definition) is 1. The number of amides is 2. The molecule has 1 atom stereocenters. The highest BCUT2D eigenvalue weighted by Crippen LogP contribution is 2.32. The fourth-order valence-corrected chi connectivity index (χ4v) is 4.33. The van der Waals surface area contributed by atoms with E-state index >= 15 is 0 Å². The lowest BCUT2D eigenvalue weighted by atomic mass is 10.0. The first-order chi connectivity index (χ1) is 14.8. The molecule has 0 spiro atoms. The Balaban J connectivity index is 1.61. The molecule has 1 fully saturated rings.